The van der Waals surface area contributed by atoms with Crippen LogP contribution >= 0.6 is 0 Å². The van der Waals surface area contributed by atoms with Gasteiger partial charge in [0, 0.05) is 31.0 Å². The predicted molar refractivity (Wildman–Crippen MR) is 95.5 cm³/mol. The first kappa shape index (κ1) is 15.3. The molecule has 1 fully saturated rings. The molecule has 0 spiro atoms. The lowest BCUT2D eigenvalue weighted by Gasteiger charge is -2.15. The molecule has 24 heavy (non-hydrogen) atoms. The van der Waals surface area contributed by atoms with E-state index >= 15 is 0 Å². The molecule has 1 aliphatic rings. The topological polar surface area (TPSA) is 21.1 Å². The number of fused-ring (bicyclic) bond motifs is 1. The number of aryl methyl sites for hydroxylation is 1. The Morgan fingerprint density at radius 3 is 2.54 bits per heavy atom. The summed E-state index contributed by atoms with van der Waals surface area (Å²) in [5.74, 6) is -0.211. The Bertz CT molecular complexity index is 845. The summed E-state index contributed by atoms with van der Waals surface area (Å²) in [4.78, 5) is 7.18. The predicted octanol–water partition coefficient (Wildman–Crippen LogP) is 4.25. The normalized spacial score (nSPS) is 15.4. The summed E-state index contributed by atoms with van der Waals surface area (Å²) in [6, 6.07) is 8.78. The van der Waals surface area contributed by atoms with Gasteiger partial charge in [-0.15, -0.1) is 0 Å². The van der Waals surface area contributed by atoms with Gasteiger partial charge in [-0.25, -0.2) is 4.39 Å². The molecular formula is C20H22FN3. The minimum atomic E-state index is -0.211. The van der Waals surface area contributed by atoms with Crippen LogP contribution in [0, 0.1) is 12.7 Å². The fourth-order valence-electron chi connectivity index (χ4n) is 3.58. The summed E-state index contributed by atoms with van der Waals surface area (Å²) in [6.45, 7) is 6.62. The van der Waals surface area contributed by atoms with Crippen LogP contribution in [0.1, 0.15) is 18.4 Å². The molecule has 0 unspecified atom stereocenters. The van der Waals surface area contributed by atoms with Gasteiger partial charge in [0.15, 0.2) is 0 Å². The summed E-state index contributed by atoms with van der Waals surface area (Å²) in [5, 5.41) is 0. The van der Waals surface area contributed by atoms with Gasteiger partial charge in [0.25, 0.3) is 0 Å². The molecule has 0 N–H and O–H groups in total. The Morgan fingerprint density at radius 2 is 1.79 bits per heavy atom. The number of hydrogen-bond acceptors (Lipinski definition) is 2. The molecule has 3 nitrogen and oxygen atoms in total. The maximum absolute atomic E-state index is 13.1. The lowest BCUT2D eigenvalue weighted by molar-refractivity contribution is 0.324. The minimum absolute atomic E-state index is 0.211. The van der Waals surface area contributed by atoms with E-state index in [-0.39, 0.29) is 5.82 Å². The molecule has 1 aromatic carbocycles. The van der Waals surface area contributed by atoms with Crippen molar-refractivity contribution in [2.45, 2.75) is 26.3 Å². The van der Waals surface area contributed by atoms with Gasteiger partial charge in [0.2, 0.25) is 0 Å². The first-order chi connectivity index (χ1) is 11.7. The summed E-state index contributed by atoms with van der Waals surface area (Å²) >= 11 is 0. The number of rotatable bonds is 4. The zero-order valence-corrected chi connectivity index (χ0v) is 14.0. The van der Waals surface area contributed by atoms with E-state index in [1.165, 1.54) is 43.6 Å². The van der Waals surface area contributed by atoms with Crippen LogP contribution in [0.3, 0.4) is 0 Å². The van der Waals surface area contributed by atoms with Gasteiger partial charge >= 0.3 is 0 Å². The van der Waals surface area contributed by atoms with Crippen LogP contribution in [-0.2, 0) is 6.54 Å². The van der Waals surface area contributed by atoms with Crippen molar-refractivity contribution >= 4 is 11.0 Å². The monoisotopic (exact) mass is 323 g/mol. The molecule has 1 aliphatic heterocycles. The van der Waals surface area contributed by atoms with Crippen molar-refractivity contribution in [1.29, 1.82) is 0 Å². The fraction of sp³-hybridized carbons (Fsp3) is 0.350. The van der Waals surface area contributed by atoms with Gasteiger partial charge in [0.1, 0.15) is 5.82 Å². The third kappa shape index (κ3) is 2.94. The molecule has 0 saturated carbocycles. The summed E-state index contributed by atoms with van der Waals surface area (Å²) in [6.07, 6.45) is 6.72. The Balaban J connectivity index is 1.66. The highest BCUT2D eigenvalue weighted by molar-refractivity contribution is 5.84. The average molecular weight is 323 g/mol. The number of likely N-dealkylation sites (tertiary alicyclic amines) is 1. The van der Waals surface area contributed by atoms with E-state index in [0.717, 1.165) is 35.2 Å². The SMILES string of the molecule is Cc1cn(CCN2CCCC2)c2cc(-c3ccc(F)cc3)cnc12. The summed E-state index contributed by atoms with van der Waals surface area (Å²) < 4.78 is 15.5. The molecule has 4 heteroatoms. The molecule has 0 radical (unpaired) electrons. The third-order valence-corrected chi connectivity index (χ3v) is 4.93. The fourth-order valence-corrected chi connectivity index (χ4v) is 3.58. The second-order valence-corrected chi connectivity index (χ2v) is 6.65. The quantitative estimate of drug-likeness (QED) is 0.716. The highest BCUT2D eigenvalue weighted by Gasteiger charge is 2.13. The molecule has 3 aromatic rings. The van der Waals surface area contributed by atoms with Crippen molar-refractivity contribution in [3.05, 3.63) is 54.1 Å². The van der Waals surface area contributed by atoms with Crippen LogP contribution in [0.4, 0.5) is 4.39 Å². The van der Waals surface area contributed by atoms with Crippen molar-refractivity contribution < 1.29 is 4.39 Å². The van der Waals surface area contributed by atoms with Gasteiger partial charge < -0.3 is 9.47 Å². The second-order valence-electron chi connectivity index (χ2n) is 6.65. The number of benzene rings is 1. The van der Waals surface area contributed by atoms with Gasteiger partial charge in [-0.05, 0) is 62.2 Å². The second kappa shape index (κ2) is 6.36. The van der Waals surface area contributed by atoms with E-state index in [9.17, 15) is 4.39 Å². The zero-order chi connectivity index (χ0) is 16.5. The zero-order valence-electron chi connectivity index (χ0n) is 14.0. The van der Waals surface area contributed by atoms with Crippen molar-refractivity contribution in [2.75, 3.05) is 19.6 Å². The van der Waals surface area contributed by atoms with Crippen molar-refractivity contribution in [1.82, 2.24) is 14.5 Å². The molecule has 3 heterocycles. The molecule has 4 rings (SSSR count). The number of halogens is 1. The van der Waals surface area contributed by atoms with Crippen molar-refractivity contribution in [2.24, 2.45) is 0 Å². The van der Waals surface area contributed by atoms with E-state index in [1.54, 1.807) is 0 Å². The van der Waals surface area contributed by atoms with Crippen LogP contribution in [0.2, 0.25) is 0 Å². The Kier molecular flexibility index (Phi) is 4.07. The smallest absolute Gasteiger partial charge is 0.123 e. The summed E-state index contributed by atoms with van der Waals surface area (Å²) in [5.41, 5.74) is 5.45. The number of pyridine rings is 1. The standard InChI is InChI=1S/C20H22FN3/c1-15-14-24(11-10-23-8-2-3-9-23)19-12-17(13-22-20(15)19)16-4-6-18(21)7-5-16/h4-7,12-14H,2-3,8-11H2,1H3. The van der Waals surface area contributed by atoms with Gasteiger partial charge in [-0.3, -0.25) is 4.98 Å². The Morgan fingerprint density at radius 1 is 1.04 bits per heavy atom. The summed E-state index contributed by atoms with van der Waals surface area (Å²) in [7, 11) is 0. The molecule has 0 atom stereocenters. The van der Waals surface area contributed by atoms with E-state index < -0.39 is 0 Å². The number of aromatic nitrogens is 2. The molecule has 1 saturated heterocycles. The van der Waals surface area contributed by atoms with Crippen LogP contribution in [0.25, 0.3) is 22.2 Å². The highest BCUT2D eigenvalue weighted by atomic mass is 19.1. The number of nitrogens with zero attached hydrogens (tertiary/aromatic N) is 3. The Hall–Kier alpha value is -2.20. The van der Waals surface area contributed by atoms with E-state index in [4.69, 9.17) is 0 Å². The van der Waals surface area contributed by atoms with E-state index in [1.807, 2.05) is 18.3 Å². The average Bonchev–Trinajstić information content (AvgIpc) is 3.22. The van der Waals surface area contributed by atoms with Gasteiger partial charge in [0.05, 0.1) is 11.0 Å². The molecular weight excluding hydrogens is 301 g/mol. The lowest BCUT2D eigenvalue weighted by Crippen LogP contribution is -2.23. The molecule has 0 bridgehead atoms. The molecule has 124 valence electrons. The van der Waals surface area contributed by atoms with Gasteiger partial charge in [-0.2, -0.15) is 0 Å². The van der Waals surface area contributed by atoms with Gasteiger partial charge in [-0.1, -0.05) is 12.1 Å². The lowest BCUT2D eigenvalue weighted by atomic mass is 10.1. The minimum Gasteiger partial charge on any atom is -0.345 e. The largest absolute Gasteiger partial charge is 0.345 e. The molecule has 0 aliphatic carbocycles. The maximum Gasteiger partial charge on any atom is 0.123 e. The van der Waals surface area contributed by atoms with Crippen LogP contribution in [0.15, 0.2) is 42.7 Å². The molecule has 2 aromatic heterocycles. The third-order valence-electron chi connectivity index (χ3n) is 4.93. The highest BCUT2D eigenvalue weighted by Crippen LogP contribution is 2.26. The van der Waals surface area contributed by atoms with E-state index in [2.05, 4.69) is 33.6 Å². The van der Waals surface area contributed by atoms with E-state index in [0.29, 0.717) is 0 Å². The van der Waals surface area contributed by atoms with Crippen LogP contribution < -0.4 is 0 Å². The first-order valence-corrected chi connectivity index (χ1v) is 8.64. The Labute approximate surface area is 141 Å². The first-order valence-electron chi connectivity index (χ1n) is 8.64. The van der Waals surface area contributed by atoms with Crippen LogP contribution in [-0.4, -0.2) is 34.1 Å². The van der Waals surface area contributed by atoms with Crippen LogP contribution in [0.5, 0.6) is 0 Å². The van der Waals surface area contributed by atoms with Crippen molar-refractivity contribution in [3.8, 4) is 11.1 Å². The van der Waals surface area contributed by atoms with Crippen molar-refractivity contribution in [3.63, 3.8) is 0 Å². The molecule has 0 amide bonds. The maximum atomic E-state index is 13.1. The number of hydrogen-bond donors (Lipinski definition) is 0.